The van der Waals surface area contributed by atoms with Crippen molar-refractivity contribution in [3.8, 4) is 0 Å². The number of carbonyl (C=O) groups excluding carboxylic acids is 1. The highest BCUT2D eigenvalue weighted by atomic mass is 35.5. The van der Waals surface area contributed by atoms with E-state index < -0.39 is 0 Å². The molecule has 1 aliphatic rings. The fourth-order valence-electron chi connectivity index (χ4n) is 3.07. The minimum absolute atomic E-state index is 0.119. The van der Waals surface area contributed by atoms with E-state index in [0.29, 0.717) is 18.5 Å². The highest BCUT2D eigenvalue weighted by Gasteiger charge is 2.26. The zero-order valence-electron chi connectivity index (χ0n) is 13.8. The molecule has 1 amide bonds. The Hall–Kier alpha value is -1.06. The normalized spacial score (nSPS) is 23.3. The lowest BCUT2D eigenvalue weighted by molar-refractivity contribution is -0.126. The molecule has 0 heterocycles. The first-order chi connectivity index (χ1) is 10.5. The first-order valence-corrected chi connectivity index (χ1v) is 8.61. The van der Waals surface area contributed by atoms with E-state index in [1.807, 2.05) is 43.1 Å². The van der Waals surface area contributed by atoms with Crippen LogP contribution < -0.4 is 5.32 Å². The summed E-state index contributed by atoms with van der Waals surface area (Å²) >= 11 is 6.20. The molecule has 2 rings (SSSR count). The van der Waals surface area contributed by atoms with Gasteiger partial charge in [0.15, 0.2) is 0 Å². The second kappa shape index (κ2) is 7.98. The topological polar surface area (TPSA) is 32.3 Å². The molecule has 4 heteroatoms. The predicted molar refractivity (Wildman–Crippen MR) is 91.9 cm³/mol. The molecule has 122 valence electrons. The van der Waals surface area contributed by atoms with E-state index in [0.717, 1.165) is 17.0 Å². The maximum absolute atomic E-state index is 12.5. The Kier molecular flexibility index (Phi) is 6.27. The molecule has 1 aromatic rings. The van der Waals surface area contributed by atoms with Gasteiger partial charge >= 0.3 is 0 Å². The quantitative estimate of drug-likeness (QED) is 0.893. The summed E-state index contributed by atoms with van der Waals surface area (Å²) in [7, 11) is 1.97. The molecule has 22 heavy (non-hydrogen) atoms. The number of halogens is 1. The zero-order chi connectivity index (χ0) is 16.1. The van der Waals surface area contributed by atoms with Crippen molar-refractivity contribution in [2.45, 2.75) is 58.2 Å². The minimum Gasteiger partial charge on any atom is -0.352 e. The van der Waals surface area contributed by atoms with Gasteiger partial charge in [-0.2, -0.15) is 0 Å². The molecule has 0 aromatic heterocycles. The van der Waals surface area contributed by atoms with Crippen molar-refractivity contribution < 1.29 is 4.79 Å². The highest BCUT2D eigenvalue weighted by molar-refractivity contribution is 6.31. The van der Waals surface area contributed by atoms with Crippen LogP contribution in [0.4, 0.5) is 0 Å². The van der Waals surface area contributed by atoms with Gasteiger partial charge in [-0.05, 0) is 44.4 Å². The maximum atomic E-state index is 12.5. The summed E-state index contributed by atoms with van der Waals surface area (Å²) in [5, 5.41) is 3.99. The summed E-state index contributed by atoms with van der Waals surface area (Å²) in [4.78, 5) is 14.5. The minimum atomic E-state index is -0.162. The van der Waals surface area contributed by atoms with Crippen LogP contribution in [-0.4, -0.2) is 29.9 Å². The van der Waals surface area contributed by atoms with Gasteiger partial charge in [0.1, 0.15) is 0 Å². The first kappa shape index (κ1) is 17.3. The molecular formula is C18H27ClN2O. The highest BCUT2D eigenvalue weighted by Crippen LogP contribution is 2.24. The predicted octanol–water partition coefficient (Wildman–Crippen LogP) is 3.86. The molecule has 1 aliphatic carbocycles. The van der Waals surface area contributed by atoms with E-state index in [4.69, 9.17) is 11.6 Å². The average molecular weight is 323 g/mol. The van der Waals surface area contributed by atoms with Gasteiger partial charge in [0.2, 0.25) is 5.91 Å². The Balaban J connectivity index is 1.90. The summed E-state index contributed by atoms with van der Waals surface area (Å²) in [6.45, 7) is 4.87. The molecule has 1 aromatic carbocycles. The number of carbonyl (C=O) groups is 1. The Labute approximate surface area is 139 Å². The Morgan fingerprint density at radius 3 is 2.73 bits per heavy atom. The SMILES string of the molecule is CC1CCCCC1NC(=O)C(C)N(C)Cc1ccccc1Cl. The molecule has 3 atom stereocenters. The third-order valence-electron chi connectivity index (χ3n) is 4.86. The Bertz CT molecular complexity index is 506. The van der Waals surface area contributed by atoms with Gasteiger partial charge in [-0.25, -0.2) is 0 Å². The molecule has 0 aliphatic heterocycles. The lowest BCUT2D eigenvalue weighted by Gasteiger charge is -2.32. The number of amides is 1. The number of nitrogens with one attached hydrogen (secondary N) is 1. The number of rotatable bonds is 5. The molecule has 3 unspecified atom stereocenters. The van der Waals surface area contributed by atoms with Gasteiger partial charge in [-0.1, -0.05) is 49.6 Å². The molecule has 1 saturated carbocycles. The lowest BCUT2D eigenvalue weighted by atomic mass is 9.86. The third kappa shape index (κ3) is 4.47. The Morgan fingerprint density at radius 2 is 2.05 bits per heavy atom. The lowest BCUT2D eigenvalue weighted by Crippen LogP contribution is -2.49. The van der Waals surface area contributed by atoms with Crippen molar-refractivity contribution in [2.24, 2.45) is 5.92 Å². The number of nitrogens with zero attached hydrogens (tertiary/aromatic N) is 1. The van der Waals surface area contributed by atoms with E-state index in [1.54, 1.807) is 0 Å². The molecule has 1 fully saturated rings. The van der Waals surface area contributed by atoms with Crippen molar-refractivity contribution in [1.82, 2.24) is 10.2 Å². The zero-order valence-corrected chi connectivity index (χ0v) is 14.6. The summed E-state index contributed by atoms with van der Waals surface area (Å²) in [6.07, 6.45) is 4.83. The van der Waals surface area contributed by atoms with E-state index in [-0.39, 0.29) is 11.9 Å². The fraction of sp³-hybridized carbons (Fsp3) is 0.611. The summed E-state index contributed by atoms with van der Waals surface area (Å²) in [6, 6.07) is 7.96. The second-order valence-electron chi connectivity index (χ2n) is 6.56. The van der Waals surface area contributed by atoms with Gasteiger partial charge in [0.05, 0.1) is 6.04 Å². The first-order valence-electron chi connectivity index (χ1n) is 8.23. The Morgan fingerprint density at radius 1 is 1.36 bits per heavy atom. The second-order valence-corrected chi connectivity index (χ2v) is 6.97. The van der Waals surface area contributed by atoms with E-state index >= 15 is 0 Å². The number of hydrogen-bond acceptors (Lipinski definition) is 2. The molecule has 3 nitrogen and oxygen atoms in total. The molecule has 0 radical (unpaired) electrons. The van der Waals surface area contributed by atoms with Crippen molar-refractivity contribution in [3.05, 3.63) is 34.9 Å². The largest absolute Gasteiger partial charge is 0.352 e. The molecule has 0 saturated heterocycles. The van der Waals surface area contributed by atoms with Crippen LogP contribution >= 0.6 is 11.6 Å². The molecule has 0 spiro atoms. The average Bonchev–Trinajstić information content (AvgIpc) is 2.51. The van der Waals surface area contributed by atoms with Crippen LogP contribution in [-0.2, 0) is 11.3 Å². The van der Waals surface area contributed by atoms with Crippen molar-refractivity contribution in [3.63, 3.8) is 0 Å². The van der Waals surface area contributed by atoms with Crippen molar-refractivity contribution in [1.29, 1.82) is 0 Å². The van der Waals surface area contributed by atoms with Gasteiger partial charge in [-0.15, -0.1) is 0 Å². The van der Waals surface area contributed by atoms with Crippen LogP contribution in [0.3, 0.4) is 0 Å². The van der Waals surface area contributed by atoms with Gasteiger partial charge < -0.3 is 5.32 Å². The van der Waals surface area contributed by atoms with E-state index in [1.165, 1.54) is 19.3 Å². The van der Waals surface area contributed by atoms with Crippen molar-refractivity contribution in [2.75, 3.05) is 7.05 Å². The van der Waals surface area contributed by atoms with Crippen molar-refractivity contribution >= 4 is 17.5 Å². The maximum Gasteiger partial charge on any atom is 0.237 e. The van der Waals surface area contributed by atoms with Gasteiger partial charge in [0.25, 0.3) is 0 Å². The summed E-state index contributed by atoms with van der Waals surface area (Å²) in [5.74, 6) is 0.701. The van der Waals surface area contributed by atoms with Gasteiger partial charge in [-0.3, -0.25) is 9.69 Å². The van der Waals surface area contributed by atoms with Crippen LogP contribution in [0.5, 0.6) is 0 Å². The van der Waals surface area contributed by atoms with E-state index in [9.17, 15) is 4.79 Å². The molecular weight excluding hydrogens is 296 g/mol. The number of likely N-dealkylation sites (N-methyl/N-ethyl adjacent to an activating group) is 1. The van der Waals surface area contributed by atoms with Crippen LogP contribution in [0.1, 0.15) is 45.1 Å². The van der Waals surface area contributed by atoms with Crippen LogP contribution in [0.25, 0.3) is 0 Å². The number of hydrogen-bond donors (Lipinski definition) is 1. The molecule has 1 N–H and O–H groups in total. The smallest absolute Gasteiger partial charge is 0.237 e. The van der Waals surface area contributed by atoms with E-state index in [2.05, 4.69) is 12.2 Å². The number of benzene rings is 1. The fourth-order valence-corrected chi connectivity index (χ4v) is 3.26. The monoisotopic (exact) mass is 322 g/mol. The van der Waals surface area contributed by atoms with Crippen LogP contribution in [0.15, 0.2) is 24.3 Å². The van der Waals surface area contributed by atoms with Gasteiger partial charge in [0, 0.05) is 17.6 Å². The van der Waals surface area contributed by atoms with Crippen LogP contribution in [0, 0.1) is 5.92 Å². The molecule has 0 bridgehead atoms. The van der Waals surface area contributed by atoms with Crippen LogP contribution in [0.2, 0.25) is 5.02 Å². The summed E-state index contributed by atoms with van der Waals surface area (Å²) < 4.78 is 0. The summed E-state index contributed by atoms with van der Waals surface area (Å²) in [5.41, 5.74) is 1.05. The standard InChI is InChI=1S/C18H27ClN2O/c1-13-8-4-7-11-17(13)20-18(22)14(2)21(3)12-15-9-5-6-10-16(15)19/h5-6,9-10,13-14,17H,4,7-8,11-12H2,1-3H3,(H,20,22). The third-order valence-corrected chi connectivity index (χ3v) is 5.23.